The van der Waals surface area contributed by atoms with Gasteiger partial charge < -0.3 is 4.90 Å². The molecule has 0 spiro atoms. The summed E-state index contributed by atoms with van der Waals surface area (Å²) in [6.45, 7) is 0. The summed E-state index contributed by atoms with van der Waals surface area (Å²) in [7, 11) is -2.64. The standard InChI is InChI=1S/C60H41NSi/c1-4-18-43(19-5-1)52-29-14-21-45-22-15-30-53(60(45)52)44-34-36-48(37-35-44)61(49-38-33-42-17-10-11-20-46(42)39-49)57-31-16-23-47-40-59-56(41-55(47)57)54-28-12-13-32-58(54)62(59,50-24-6-2-7-25-50)51-26-8-3-9-27-51/h1-41H. The van der Waals surface area contributed by atoms with Crippen LogP contribution in [-0.2, 0) is 0 Å². The molecule has 0 aliphatic carbocycles. The van der Waals surface area contributed by atoms with Crippen LogP contribution in [0.4, 0.5) is 17.1 Å². The Bertz CT molecular complexity index is 3410. The molecule has 2 heteroatoms. The topological polar surface area (TPSA) is 3.24 Å². The maximum absolute atomic E-state index is 2.64. The maximum Gasteiger partial charge on any atom is 0.180 e. The SMILES string of the molecule is c1ccc(-c2cccc3cccc(-c4ccc(N(c5ccc6ccccc6c5)c5cccc6cc7c(cc56)-c5ccccc5[Si]7(c5ccccc5)c5ccccc5)cc4)c23)cc1. The third-order valence-corrected chi connectivity index (χ3v) is 18.0. The number of rotatable bonds is 7. The minimum Gasteiger partial charge on any atom is -0.310 e. The molecular formula is C60H41NSi. The number of hydrogen-bond donors (Lipinski definition) is 0. The normalized spacial score (nSPS) is 12.6. The quantitative estimate of drug-likeness (QED) is 0.145. The third-order valence-electron chi connectivity index (χ3n) is 13.1. The van der Waals surface area contributed by atoms with Gasteiger partial charge in [0.2, 0.25) is 0 Å². The highest BCUT2D eigenvalue weighted by atomic mass is 28.3. The van der Waals surface area contributed by atoms with E-state index in [4.69, 9.17) is 0 Å². The molecule has 11 aromatic carbocycles. The van der Waals surface area contributed by atoms with Crippen molar-refractivity contribution in [2.24, 2.45) is 0 Å². The number of fused-ring (bicyclic) bond motifs is 6. The first-order chi connectivity index (χ1) is 30.8. The second-order valence-electron chi connectivity index (χ2n) is 16.4. The minimum atomic E-state index is -2.64. The van der Waals surface area contributed by atoms with Crippen molar-refractivity contribution in [2.45, 2.75) is 0 Å². The van der Waals surface area contributed by atoms with Gasteiger partial charge in [0.25, 0.3) is 0 Å². The zero-order valence-electron chi connectivity index (χ0n) is 34.1. The van der Waals surface area contributed by atoms with Crippen molar-refractivity contribution in [3.63, 3.8) is 0 Å². The molecule has 0 N–H and O–H groups in total. The second-order valence-corrected chi connectivity index (χ2v) is 20.1. The molecule has 1 aliphatic heterocycles. The molecule has 0 atom stereocenters. The summed E-state index contributed by atoms with van der Waals surface area (Å²) in [6.07, 6.45) is 0. The van der Waals surface area contributed by atoms with E-state index < -0.39 is 8.07 Å². The smallest absolute Gasteiger partial charge is 0.180 e. The van der Waals surface area contributed by atoms with Crippen molar-refractivity contribution >= 4 is 78.2 Å². The lowest BCUT2D eigenvalue weighted by molar-refractivity contribution is 1.30. The monoisotopic (exact) mass is 803 g/mol. The third kappa shape index (κ3) is 5.69. The summed E-state index contributed by atoms with van der Waals surface area (Å²) < 4.78 is 0. The van der Waals surface area contributed by atoms with Gasteiger partial charge in [-0.2, -0.15) is 0 Å². The van der Waals surface area contributed by atoms with Gasteiger partial charge in [-0.3, -0.25) is 0 Å². The van der Waals surface area contributed by atoms with E-state index in [-0.39, 0.29) is 0 Å². The highest BCUT2D eigenvalue weighted by molar-refractivity contribution is 7.22. The molecule has 0 saturated carbocycles. The Morgan fingerprint density at radius 3 is 1.53 bits per heavy atom. The Balaban J connectivity index is 1.07. The van der Waals surface area contributed by atoms with Crippen LogP contribution in [0.15, 0.2) is 249 Å². The lowest BCUT2D eigenvalue weighted by Gasteiger charge is -2.32. The minimum absolute atomic E-state index is 1.11. The summed E-state index contributed by atoms with van der Waals surface area (Å²) >= 11 is 0. The van der Waals surface area contributed by atoms with E-state index in [9.17, 15) is 0 Å². The van der Waals surface area contributed by atoms with E-state index >= 15 is 0 Å². The molecule has 0 amide bonds. The molecular weight excluding hydrogens is 763 g/mol. The summed E-state index contributed by atoms with van der Waals surface area (Å²) in [5.41, 5.74) is 11.0. The summed E-state index contributed by atoms with van der Waals surface area (Å²) in [4.78, 5) is 2.46. The average Bonchev–Trinajstić information content (AvgIpc) is 3.64. The molecule has 11 aromatic rings. The van der Waals surface area contributed by atoms with E-state index in [1.807, 2.05) is 0 Å². The van der Waals surface area contributed by atoms with Crippen LogP contribution in [0.5, 0.6) is 0 Å². The van der Waals surface area contributed by atoms with Gasteiger partial charge in [-0.15, -0.1) is 0 Å². The van der Waals surface area contributed by atoms with Crippen LogP contribution < -0.4 is 25.6 Å². The molecule has 62 heavy (non-hydrogen) atoms. The highest BCUT2D eigenvalue weighted by Crippen LogP contribution is 2.43. The molecule has 1 nitrogen and oxygen atoms in total. The van der Waals surface area contributed by atoms with E-state index in [1.165, 1.54) is 86.4 Å². The van der Waals surface area contributed by atoms with E-state index in [2.05, 4.69) is 254 Å². The average molecular weight is 804 g/mol. The number of nitrogens with zero attached hydrogens (tertiary/aromatic N) is 1. The lowest BCUT2D eigenvalue weighted by Crippen LogP contribution is -2.72. The first-order valence-corrected chi connectivity index (χ1v) is 23.5. The van der Waals surface area contributed by atoms with Crippen LogP contribution in [0.1, 0.15) is 0 Å². The Morgan fingerprint density at radius 1 is 0.290 bits per heavy atom. The van der Waals surface area contributed by atoms with E-state index in [1.54, 1.807) is 0 Å². The molecule has 12 rings (SSSR count). The lowest BCUT2D eigenvalue weighted by atomic mass is 9.91. The fourth-order valence-electron chi connectivity index (χ4n) is 10.4. The van der Waals surface area contributed by atoms with Crippen molar-refractivity contribution in [1.82, 2.24) is 0 Å². The highest BCUT2D eigenvalue weighted by Gasteiger charge is 2.48. The number of anilines is 3. The molecule has 0 radical (unpaired) electrons. The van der Waals surface area contributed by atoms with Crippen LogP contribution in [-0.4, -0.2) is 8.07 Å². The number of hydrogen-bond acceptors (Lipinski definition) is 1. The first-order valence-electron chi connectivity index (χ1n) is 21.5. The zero-order chi connectivity index (χ0) is 41.0. The van der Waals surface area contributed by atoms with Crippen molar-refractivity contribution in [3.05, 3.63) is 249 Å². The van der Waals surface area contributed by atoms with Gasteiger partial charge in [-0.1, -0.05) is 212 Å². The number of benzene rings is 11. The Morgan fingerprint density at radius 2 is 0.823 bits per heavy atom. The van der Waals surface area contributed by atoms with Gasteiger partial charge in [0.15, 0.2) is 8.07 Å². The molecule has 290 valence electrons. The summed E-state index contributed by atoms with van der Waals surface area (Å²) in [5.74, 6) is 0. The Kier molecular flexibility index (Phi) is 8.58. The van der Waals surface area contributed by atoms with Crippen molar-refractivity contribution in [3.8, 4) is 33.4 Å². The predicted molar refractivity (Wildman–Crippen MR) is 267 cm³/mol. The second kappa shape index (κ2) is 14.7. The van der Waals surface area contributed by atoms with Gasteiger partial charge in [-0.25, -0.2) is 0 Å². The molecule has 1 aliphatic rings. The zero-order valence-corrected chi connectivity index (χ0v) is 35.1. The van der Waals surface area contributed by atoms with Crippen molar-refractivity contribution in [1.29, 1.82) is 0 Å². The summed E-state index contributed by atoms with van der Waals surface area (Å²) in [6, 6.07) is 92.4. The van der Waals surface area contributed by atoms with Crippen molar-refractivity contribution in [2.75, 3.05) is 4.90 Å². The maximum atomic E-state index is 2.53. The van der Waals surface area contributed by atoms with Crippen LogP contribution >= 0.6 is 0 Å². The predicted octanol–water partition coefficient (Wildman–Crippen LogP) is 13.3. The molecule has 0 unspecified atom stereocenters. The fraction of sp³-hybridized carbons (Fsp3) is 0. The van der Waals surface area contributed by atoms with Gasteiger partial charge >= 0.3 is 0 Å². The Hall–Kier alpha value is -7.78. The van der Waals surface area contributed by atoms with Gasteiger partial charge in [0.05, 0.1) is 5.69 Å². The van der Waals surface area contributed by atoms with Crippen LogP contribution in [0.2, 0.25) is 0 Å². The van der Waals surface area contributed by atoms with Gasteiger partial charge in [0, 0.05) is 16.8 Å². The fourth-order valence-corrected chi connectivity index (χ4v) is 15.6. The molecule has 0 aromatic heterocycles. The van der Waals surface area contributed by atoms with Crippen molar-refractivity contribution < 1.29 is 0 Å². The molecule has 1 heterocycles. The molecule has 0 bridgehead atoms. The first kappa shape index (κ1) is 36.1. The van der Waals surface area contributed by atoms with Gasteiger partial charge in [0.1, 0.15) is 0 Å². The molecule has 0 fully saturated rings. The van der Waals surface area contributed by atoms with E-state index in [0.717, 1.165) is 17.1 Å². The summed E-state index contributed by atoms with van der Waals surface area (Å²) in [5, 5.41) is 13.1. The van der Waals surface area contributed by atoms with Crippen LogP contribution in [0.3, 0.4) is 0 Å². The largest absolute Gasteiger partial charge is 0.310 e. The molecule has 0 saturated heterocycles. The van der Waals surface area contributed by atoms with Gasteiger partial charge in [-0.05, 0) is 117 Å². The van der Waals surface area contributed by atoms with Crippen LogP contribution in [0, 0.1) is 0 Å². The van der Waals surface area contributed by atoms with E-state index in [0.29, 0.717) is 0 Å². The van der Waals surface area contributed by atoms with Crippen LogP contribution in [0.25, 0.3) is 65.7 Å². The Labute approximate surface area is 363 Å².